The first-order valence-electron chi connectivity index (χ1n) is 6.91. The second kappa shape index (κ2) is 5.13. The number of hydrogen-bond donors (Lipinski definition) is 2. The zero-order chi connectivity index (χ0) is 14.1. The first kappa shape index (κ1) is 12.9. The van der Waals surface area contributed by atoms with Crippen LogP contribution >= 0.6 is 0 Å². The Bertz CT molecular complexity index is 654. The normalized spacial score (nSPS) is 19.2. The minimum atomic E-state index is -0.0951. The van der Waals surface area contributed by atoms with Crippen LogP contribution in [-0.4, -0.2) is 41.6 Å². The minimum absolute atomic E-state index is 0.0823. The largest absolute Gasteiger partial charge is 0.506 e. The van der Waals surface area contributed by atoms with Gasteiger partial charge in [0.2, 0.25) is 0 Å². The number of phenolic OH excluding ortho intramolecular Hbond substituents is 1. The summed E-state index contributed by atoms with van der Waals surface area (Å²) in [4.78, 5) is 14.4. The van der Waals surface area contributed by atoms with Crippen LogP contribution in [0.25, 0.3) is 10.8 Å². The molecular formula is C16H18N2O2. The van der Waals surface area contributed by atoms with Crippen molar-refractivity contribution in [1.82, 2.24) is 10.2 Å². The number of benzene rings is 2. The van der Waals surface area contributed by atoms with Crippen LogP contribution in [-0.2, 0) is 0 Å². The Kier molecular flexibility index (Phi) is 3.32. The fraction of sp³-hybridized carbons (Fsp3) is 0.312. The number of piperazine rings is 1. The summed E-state index contributed by atoms with van der Waals surface area (Å²) in [6.07, 6.45) is 0. The van der Waals surface area contributed by atoms with Gasteiger partial charge in [-0.2, -0.15) is 0 Å². The van der Waals surface area contributed by atoms with Crippen LogP contribution in [0.4, 0.5) is 0 Å². The van der Waals surface area contributed by atoms with Gasteiger partial charge in [0.05, 0.1) is 5.56 Å². The number of fused-ring (bicyclic) bond motifs is 1. The Labute approximate surface area is 118 Å². The highest BCUT2D eigenvalue weighted by Gasteiger charge is 2.26. The molecule has 4 heteroatoms. The highest BCUT2D eigenvalue weighted by molar-refractivity contribution is 6.03. The van der Waals surface area contributed by atoms with Gasteiger partial charge in [0.25, 0.3) is 5.91 Å². The van der Waals surface area contributed by atoms with Crippen LogP contribution in [0, 0.1) is 0 Å². The van der Waals surface area contributed by atoms with E-state index < -0.39 is 0 Å². The molecule has 2 N–H and O–H groups in total. The number of carbonyl (C=O) groups excluding carboxylic acids is 1. The molecule has 0 saturated carbocycles. The van der Waals surface area contributed by atoms with E-state index in [-0.39, 0.29) is 17.7 Å². The Morgan fingerprint density at radius 2 is 2.10 bits per heavy atom. The molecule has 2 aromatic rings. The number of nitrogens with zero attached hydrogens (tertiary/aromatic N) is 1. The SMILES string of the molecule is CC1CNCCN1C(=O)c1ccc2ccccc2c1O. The van der Waals surface area contributed by atoms with E-state index in [1.807, 2.05) is 42.2 Å². The Hall–Kier alpha value is -2.07. The van der Waals surface area contributed by atoms with Crippen LogP contribution in [0.15, 0.2) is 36.4 Å². The van der Waals surface area contributed by atoms with E-state index in [0.717, 1.165) is 23.9 Å². The predicted octanol–water partition coefficient (Wildman–Crippen LogP) is 1.98. The molecule has 1 unspecified atom stereocenters. The third-order valence-electron chi connectivity index (χ3n) is 3.89. The van der Waals surface area contributed by atoms with Gasteiger partial charge in [0.15, 0.2) is 0 Å². The number of carbonyl (C=O) groups is 1. The van der Waals surface area contributed by atoms with Gasteiger partial charge < -0.3 is 15.3 Å². The lowest BCUT2D eigenvalue weighted by molar-refractivity contribution is 0.0653. The average Bonchev–Trinajstić information content (AvgIpc) is 2.48. The van der Waals surface area contributed by atoms with Gasteiger partial charge in [-0.3, -0.25) is 4.79 Å². The number of amides is 1. The Morgan fingerprint density at radius 3 is 2.90 bits per heavy atom. The second-order valence-electron chi connectivity index (χ2n) is 5.23. The molecular weight excluding hydrogens is 252 g/mol. The highest BCUT2D eigenvalue weighted by Crippen LogP contribution is 2.29. The van der Waals surface area contributed by atoms with E-state index >= 15 is 0 Å². The van der Waals surface area contributed by atoms with Gasteiger partial charge in [0.1, 0.15) is 5.75 Å². The van der Waals surface area contributed by atoms with Gasteiger partial charge in [-0.05, 0) is 18.4 Å². The lowest BCUT2D eigenvalue weighted by Crippen LogP contribution is -2.52. The predicted molar refractivity (Wildman–Crippen MR) is 79.0 cm³/mol. The molecule has 1 aliphatic heterocycles. The fourth-order valence-electron chi connectivity index (χ4n) is 2.73. The van der Waals surface area contributed by atoms with Crippen LogP contribution in [0.1, 0.15) is 17.3 Å². The monoisotopic (exact) mass is 270 g/mol. The van der Waals surface area contributed by atoms with Crippen molar-refractivity contribution in [3.8, 4) is 5.75 Å². The zero-order valence-corrected chi connectivity index (χ0v) is 11.5. The summed E-state index contributed by atoms with van der Waals surface area (Å²) in [6, 6.07) is 11.3. The van der Waals surface area contributed by atoms with E-state index in [2.05, 4.69) is 5.32 Å². The molecule has 0 aromatic heterocycles. The maximum absolute atomic E-state index is 12.6. The molecule has 1 heterocycles. The quantitative estimate of drug-likeness (QED) is 0.833. The summed E-state index contributed by atoms with van der Waals surface area (Å²) in [5.41, 5.74) is 0.387. The second-order valence-corrected chi connectivity index (χ2v) is 5.23. The Balaban J connectivity index is 2.01. The van der Waals surface area contributed by atoms with Gasteiger partial charge in [-0.25, -0.2) is 0 Å². The molecule has 1 atom stereocenters. The maximum atomic E-state index is 12.6. The first-order chi connectivity index (χ1) is 9.68. The number of aromatic hydroxyl groups is 1. The fourth-order valence-corrected chi connectivity index (χ4v) is 2.73. The average molecular weight is 270 g/mol. The molecule has 1 aliphatic rings. The van der Waals surface area contributed by atoms with Crippen molar-refractivity contribution in [2.75, 3.05) is 19.6 Å². The molecule has 0 radical (unpaired) electrons. The van der Waals surface area contributed by atoms with Gasteiger partial charge >= 0.3 is 0 Å². The van der Waals surface area contributed by atoms with Crippen molar-refractivity contribution in [1.29, 1.82) is 0 Å². The van der Waals surface area contributed by atoms with Crippen molar-refractivity contribution in [3.05, 3.63) is 42.0 Å². The molecule has 4 nitrogen and oxygen atoms in total. The summed E-state index contributed by atoms with van der Waals surface area (Å²) >= 11 is 0. The maximum Gasteiger partial charge on any atom is 0.257 e. The van der Waals surface area contributed by atoms with Crippen LogP contribution in [0.2, 0.25) is 0 Å². The molecule has 1 fully saturated rings. The van der Waals surface area contributed by atoms with Crippen molar-refractivity contribution >= 4 is 16.7 Å². The molecule has 0 aliphatic carbocycles. The van der Waals surface area contributed by atoms with Gasteiger partial charge in [-0.1, -0.05) is 30.3 Å². The number of nitrogens with one attached hydrogen (secondary N) is 1. The molecule has 3 rings (SSSR count). The smallest absolute Gasteiger partial charge is 0.257 e. The molecule has 1 amide bonds. The van der Waals surface area contributed by atoms with E-state index in [9.17, 15) is 9.90 Å². The lowest BCUT2D eigenvalue weighted by Gasteiger charge is -2.34. The molecule has 2 aromatic carbocycles. The van der Waals surface area contributed by atoms with Crippen molar-refractivity contribution in [2.24, 2.45) is 0 Å². The summed E-state index contributed by atoms with van der Waals surface area (Å²) in [6.45, 7) is 4.28. The van der Waals surface area contributed by atoms with E-state index in [4.69, 9.17) is 0 Å². The Morgan fingerprint density at radius 1 is 1.30 bits per heavy atom. The van der Waals surface area contributed by atoms with E-state index in [1.54, 1.807) is 6.07 Å². The summed E-state index contributed by atoms with van der Waals surface area (Å²) in [7, 11) is 0. The third-order valence-corrected chi connectivity index (χ3v) is 3.89. The topological polar surface area (TPSA) is 52.6 Å². The molecule has 20 heavy (non-hydrogen) atoms. The molecule has 1 saturated heterocycles. The third kappa shape index (κ3) is 2.12. The van der Waals surface area contributed by atoms with Crippen molar-refractivity contribution in [2.45, 2.75) is 13.0 Å². The van der Waals surface area contributed by atoms with Crippen LogP contribution < -0.4 is 5.32 Å². The van der Waals surface area contributed by atoms with Gasteiger partial charge in [-0.15, -0.1) is 0 Å². The lowest BCUT2D eigenvalue weighted by atomic mass is 10.0. The zero-order valence-electron chi connectivity index (χ0n) is 11.5. The van der Waals surface area contributed by atoms with E-state index in [0.29, 0.717) is 12.1 Å². The summed E-state index contributed by atoms with van der Waals surface area (Å²) in [5, 5.41) is 15.3. The van der Waals surface area contributed by atoms with Crippen LogP contribution in [0.5, 0.6) is 5.75 Å². The molecule has 104 valence electrons. The standard InChI is InChI=1S/C16H18N2O2/c1-11-10-17-8-9-18(11)16(20)14-7-6-12-4-2-3-5-13(12)15(14)19/h2-7,11,17,19H,8-10H2,1H3. The number of hydrogen-bond acceptors (Lipinski definition) is 3. The summed E-state index contributed by atoms with van der Waals surface area (Å²) < 4.78 is 0. The minimum Gasteiger partial charge on any atom is -0.506 e. The van der Waals surface area contributed by atoms with Crippen LogP contribution in [0.3, 0.4) is 0 Å². The van der Waals surface area contributed by atoms with Crippen molar-refractivity contribution < 1.29 is 9.90 Å². The summed E-state index contributed by atoms with van der Waals surface area (Å²) in [5.74, 6) is -0.0129. The molecule has 0 bridgehead atoms. The number of rotatable bonds is 1. The highest BCUT2D eigenvalue weighted by atomic mass is 16.3. The number of phenols is 1. The van der Waals surface area contributed by atoms with E-state index in [1.165, 1.54) is 0 Å². The van der Waals surface area contributed by atoms with Gasteiger partial charge in [0, 0.05) is 31.1 Å². The first-order valence-corrected chi connectivity index (χ1v) is 6.91. The molecule has 0 spiro atoms. The van der Waals surface area contributed by atoms with Crippen molar-refractivity contribution in [3.63, 3.8) is 0 Å².